The van der Waals surface area contributed by atoms with Gasteiger partial charge in [0.15, 0.2) is 5.69 Å². The lowest BCUT2D eigenvalue weighted by atomic mass is 10.2. The van der Waals surface area contributed by atoms with Crippen LogP contribution in [0.3, 0.4) is 0 Å². The van der Waals surface area contributed by atoms with Crippen LogP contribution in [0.25, 0.3) is 0 Å². The number of hydrogen-bond donors (Lipinski definition) is 1. The SMILES string of the molecule is Cc1cccc(C=NNC(=O)c2cc(C)on2)c1. The highest BCUT2D eigenvalue weighted by atomic mass is 16.5. The highest BCUT2D eigenvalue weighted by Crippen LogP contribution is 2.02. The number of carbonyl (C=O) groups is 1. The summed E-state index contributed by atoms with van der Waals surface area (Å²) in [7, 11) is 0. The highest BCUT2D eigenvalue weighted by Gasteiger charge is 2.08. The predicted octanol–water partition coefficient (Wildman–Crippen LogP) is 2.06. The maximum absolute atomic E-state index is 11.6. The Labute approximate surface area is 104 Å². The molecule has 1 aromatic carbocycles. The number of benzene rings is 1. The molecule has 5 heteroatoms. The first kappa shape index (κ1) is 12.0. The zero-order valence-electron chi connectivity index (χ0n) is 10.2. The summed E-state index contributed by atoms with van der Waals surface area (Å²) < 4.78 is 4.80. The molecule has 0 unspecified atom stereocenters. The quantitative estimate of drug-likeness (QED) is 0.662. The Balaban J connectivity index is 1.97. The Hall–Kier alpha value is -2.43. The van der Waals surface area contributed by atoms with Crippen molar-refractivity contribution in [3.05, 3.63) is 52.9 Å². The van der Waals surface area contributed by atoms with Crippen molar-refractivity contribution in [1.29, 1.82) is 0 Å². The van der Waals surface area contributed by atoms with E-state index in [1.165, 1.54) is 0 Å². The Morgan fingerprint density at radius 3 is 2.89 bits per heavy atom. The van der Waals surface area contributed by atoms with Gasteiger partial charge in [0.25, 0.3) is 5.91 Å². The van der Waals surface area contributed by atoms with Crippen LogP contribution in [0.1, 0.15) is 27.4 Å². The second-order valence-electron chi connectivity index (χ2n) is 3.94. The Morgan fingerprint density at radius 2 is 2.22 bits per heavy atom. The van der Waals surface area contributed by atoms with E-state index in [-0.39, 0.29) is 5.69 Å². The van der Waals surface area contributed by atoms with Gasteiger partial charge in [0, 0.05) is 6.07 Å². The molecule has 0 bridgehead atoms. The fourth-order valence-electron chi connectivity index (χ4n) is 1.45. The van der Waals surface area contributed by atoms with Gasteiger partial charge < -0.3 is 4.52 Å². The third kappa shape index (κ3) is 3.04. The molecule has 0 atom stereocenters. The van der Waals surface area contributed by atoms with Gasteiger partial charge in [0.2, 0.25) is 0 Å². The third-order valence-corrected chi connectivity index (χ3v) is 2.28. The third-order valence-electron chi connectivity index (χ3n) is 2.28. The number of aryl methyl sites for hydroxylation is 2. The highest BCUT2D eigenvalue weighted by molar-refractivity contribution is 5.93. The van der Waals surface area contributed by atoms with E-state index in [1.54, 1.807) is 19.2 Å². The monoisotopic (exact) mass is 243 g/mol. The molecule has 1 aromatic heterocycles. The molecule has 0 aliphatic carbocycles. The van der Waals surface area contributed by atoms with E-state index in [0.717, 1.165) is 11.1 Å². The zero-order chi connectivity index (χ0) is 13.0. The van der Waals surface area contributed by atoms with Crippen LogP contribution in [0.15, 0.2) is 40.0 Å². The topological polar surface area (TPSA) is 67.5 Å². The van der Waals surface area contributed by atoms with Crippen molar-refractivity contribution in [2.24, 2.45) is 5.10 Å². The molecular formula is C13H13N3O2. The van der Waals surface area contributed by atoms with Gasteiger partial charge in [0.05, 0.1) is 6.21 Å². The van der Waals surface area contributed by atoms with Crippen molar-refractivity contribution in [1.82, 2.24) is 10.6 Å². The maximum atomic E-state index is 11.6. The molecule has 0 saturated carbocycles. The van der Waals surface area contributed by atoms with Gasteiger partial charge >= 0.3 is 0 Å². The van der Waals surface area contributed by atoms with E-state index < -0.39 is 5.91 Å². The summed E-state index contributed by atoms with van der Waals surface area (Å²) in [6.45, 7) is 3.72. The first-order chi connectivity index (χ1) is 8.65. The molecule has 2 rings (SSSR count). The average molecular weight is 243 g/mol. The Morgan fingerprint density at radius 1 is 1.39 bits per heavy atom. The van der Waals surface area contributed by atoms with Crippen molar-refractivity contribution >= 4 is 12.1 Å². The molecular weight excluding hydrogens is 230 g/mol. The molecule has 5 nitrogen and oxygen atoms in total. The first-order valence-electron chi connectivity index (χ1n) is 5.48. The lowest BCUT2D eigenvalue weighted by molar-refractivity contribution is 0.0946. The smallest absolute Gasteiger partial charge is 0.293 e. The minimum Gasteiger partial charge on any atom is -0.361 e. The number of rotatable bonds is 3. The summed E-state index contributed by atoms with van der Waals surface area (Å²) in [5.41, 5.74) is 4.66. The summed E-state index contributed by atoms with van der Waals surface area (Å²) >= 11 is 0. The molecule has 0 aliphatic rings. The number of nitrogens with zero attached hydrogens (tertiary/aromatic N) is 2. The van der Waals surface area contributed by atoms with Gasteiger partial charge in [-0.15, -0.1) is 0 Å². The predicted molar refractivity (Wildman–Crippen MR) is 67.5 cm³/mol. The molecule has 1 amide bonds. The van der Waals surface area contributed by atoms with Crippen LogP contribution in [-0.2, 0) is 0 Å². The van der Waals surface area contributed by atoms with E-state index in [9.17, 15) is 4.79 Å². The van der Waals surface area contributed by atoms with E-state index in [4.69, 9.17) is 4.52 Å². The van der Waals surface area contributed by atoms with Crippen molar-refractivity contribution < 1.29 is 9.32 Å². The van der Waals surface area contributed by atoms with Gasteiger partial charge in [-0.2, -0.15) is 5.10 Å². The Bertz CT molecular complexity index is 587. The van der Waals surface area contributed by atoms with Gasteiger partial charge in [-0.1, -0.05) is 35.0 Å². The summed E-state index contributed by atoms with van der Waals surface area (Å²) in [4.78, 5) is 11.6. The van der Waals surface area contributed by atoms with Gasteiger partial charge in [0.1, 0.15) is 5.76 Å². The van der Waals surface area contributed by atoms with Crippen LogP contribution in [0, 0.1) is 13.8 Å². The van der Waals surface area contributed by atoms with Crippen LogP contribution >= 0.6 is 0 Å². The van der Waals surface area contributed by atoms with Gasteiger partial charge in [-0.3, -0.25) is 4.79 Å². The van der Waals surface area contributed by atoms with E-state index in [1.807, 2.05) is 31.2 Å². The van der Waals surface area contributed by atoms with Crippen LogP contribution in [-0.4, -0.2) is 17.3 Å². The minimum absolute atomic E-state index is 0.217. The largest absolute Gasteiger partial charge is 0.361 e. The van der Waals surface area contributed by atoms with E-state index >= 15 is 0 Å². The number of carbonyl (C=O) groups excluding carboxylic acids is 1. The van der Waals surface area contributed by atoms with Crippen LogP contribution in [0.5, 0.6) is 0 Å². The van der Waals surface area contributed by atoms with Crippen molar-refractivity contribution in [3.63, 3.8) is 0 Å². The Kier molecular flexibility index (Phi) is 3.52. The van der Waals surface area contributed by atoms with E-state index in [0.29, 0.717) is 5.76 Å². The lowest BCUT2D eigenvalue weighted by Crippen LogP contribution is -2.17. The standard InChI is InChI=1S/C13H13N3O2/c1-9-4-3-5-11(6-9)8-14-15-13(17)12-7-10(2)18-16-12/h3-8H,1-2H3,(H,15,17). The molecule has 0 saturated heterocycles. The number of nitrogens with one attached hydrogen (secondary N) is 1. The van der Waals surface area contributed by atoms with Crippen molar-refractivity contribution in [2.45, 2.75) is 13.8 Å². The molecule has 1 heterocycles. The van der Waals surface area contributed by atoms with Crippen molar-refractivity contribution in [3.8, 4) is 0 Å². The number of aromatic nitrogens is 1. The maximum Gasteiger partial charge on any atom is 0.293 e. The average Bonchev–Trinajstić information content (AvgIpc) is 2.76. The van der Waals surface area contributed by atoms with Gasteiger partial charge in [-0.05, 0) is 19.4 Å². The molecule has 18 heavy (non-hydrogen) atoms. The fraction of sp³-hybridized carbons (Fsp3) is 0.154. The lowest BCUT2D eigenvalue weighted by Gasteiger charge is -1.96. The minimum atomic E-state index is -0.393. The fourth-order valence-corrected chi connectivity index (χ4v) is 1.45. The number of hydrazone groups is 1. The molecule has 92 valence electrons. The van der Waals surface area contributed by atoms with Crippen LogP contribution in [0.2, 0.25) is 0 Å². The molecule has 0 fully saturated rings. The summed E-state index contributed by atoms with van der Waals surface area (Å²) in [6, 6.07) is 9.35. The van der Waals surface area contributed by atoms with Gasteiger partial charge in [-0.25, -0.2) is 5.43 Å². The molecule has 2 aromatic rings. The summed E-state index contributed by atoms with van der Waals surface area (Å²) in [6.07, 6.45) is 1.58. The number of hydrogen-bond acceptors (Lipinski definition) is 4. The van der Waals surface area contributed by atoms with Crippen LogP contribution in [0.4, 0.5) is 0 Å². The molecule has 0 spiro atoms. The van der Waals surface area contributed by atoms with Crippen LogP contribution < -0.4 is 5.43 Å². The summed E-state index contributed by atoms with van der Waals surface area (Å²) in [5, 5.41) is 7.46. The summed E-state index contributed by atoms with van der Waals surface area (Å²) in [5.74, 6) is 0.193. The first-order valence-corrected chi connectivity index (χ1v) is 5.48. The zero-order valence-corrected chi connectivity index (χ0v) is 10.2. The second-order valence-corrected chi connectivity index (χ2v) is 3.94. The van der Waals surface area contributed by atoms with E-state index in [2.05, 4.69) is 15.7 Å². The molecule has 0 aliphatic heterocycles. The number of amides is 1. The normalized spacial score (nSPS) is 10.8. The molecule has 1 N–H and O–H groups in total. The van der Waals surface area contributed by atoms with Crippen molar-refractivity contribution in [2.75, 3.05) is 0 Å². The molecule has 0 radical (unpaired) electrons. The second kappa shape index (κ2) is 5.27.